The number of carbonyl (C=O) groups excluding carboxylic acids is 1. The number of alkyl carbamates (subject to hydrolysis) is 1. The Morgan fingerprint density at radius 1 is 0.970 bits per heavy atom. The maximum absolute atomic E-state index is 12.5. The van der Waals surface area contributed by atoms with E-state index in [1.165, 1.54) is 11.3 Å². The third-order valence-electron chi connectivity index (χ3n) is 5.81. The lowest BCUT2D eigenvalue weighted by atomic mass is 9.98. The van der Waals surface area contributed by atoms with Crippen LogP contribution in [0.1, 0.15) is 21.9 Å². The maximum atomic E-state index is 12.5. The molecule has 33 heavy (non-hydrogen) atoms. The third kappa shape index (κ3) is 4.42. The molecule has 1 unspecified atom stereocenters. The van der Waals surface area contributed by atoms with E-state index in [0.717, 1.165) is 37.6 Å². The minimum absolute atomic E-state index is 0.0723. The molecular weight excluding hydrogens is 454 g/mol. The van der Waals surface area contributed by atoms with Gasteiger partial charge in [-0.1, -0.05) is 48.5 Å². The van der Waals surface area contributed by atoms with Crippen molar-refractivity contribution < 1.29 is 19.4 Å². The van der Waals surface area contributed by atoms with Gasteiger partial charge in [0.1, 0.15) is 12.6 Å². The van der Waals surface area contributed by atoms with Crippen molar-refractivity contribution in [3.8, 4) is 21.6 Å². The number of ether oxygens (including phenoxy) is 1. The van der Waals surface area contributed by atoms with Crippen molar-refractivity contribution in [2.75, 3.05) is 6.61 Å². The molecular formula is C26H21NO4S2. The molecule has 0 aliphatic heterocycles. The van der Waals surface area contributed by atoms with Crippen LogP contribution in [-0.4, -0.2) is 29.8 Å². The topological polar surface area (TPSA) is 75.6 Å². The van der Waals surface area contributed by atoms with Crippen LogP contribution in [0, 0.1) is 0 Å². The second-order valence-electron chi connectivity index (χ2n) is 7.84. The zero-order valence-corrected chi connectivity index (χ0v) is 19.2. The number of benzene rings is 2. The van der Waals surface area contributed by atoms with Crippen LogP contribution in [0.3, 0.4) is 0 Å². The van der Waals surface area contributed by atoms with Crippen LogP contribution in [0.5, 0.6) is 0 Å². The Labute approximate surface area is 199 Å². The largest absolute Gasteiger partial charge is 0.480 e. The van der Waals surface area contributed by atoms with Gasteiger partial charge < -0.3 is 15.2 Å². The molecule has 1 aliphatic carbocycles. The molecule has 0 spiro atoms. The number of aliphatic carboxylic acids is 1. The number of carboxylic acid groups (broad SMARTS) is 1. The van der Waals surface area contributed by atoms with E-state index in [9.17, 15) is 14.7 Å². The monoisotopic (exact) mass is 475 g/mol. The fourth-order valence-electron chi connectivity index (χ4n) is 4.23. The minimum atomic E-state index is -1.09. The average Bonchev–Trinajstić information content (AvgIpc) is 3.56. The Hall–Kier alpha value is -3.42. The van der Waals surface area contributed by atoms with Crippen molar-refractivity contribution in [3.05, 3.63) is 93.5 Å². The van der Waals surface area contributed by atoms with Crippen molar-refractivity contribution in [2.24, 2.45) is 0 Å². The molecule has 1 aliphatic rings. The van der Waals surface area contributed by atoms with Crippen molar-refractivity contribution in [3.63, 3.8) is 0 Å². The number of fused-ring (bicyclic) bond motifs is 3. The van der Waals surface area contributed by atoms with Crippen LogP contribution < -0.4 is 5.32 Å². The molecule has 5 nitrogen and oxygen atoms in total. The molecule has 0 radical (unpaired) electrons. The molecule has 166 valence electrons. The van der Waals surface area contributed by atoms with Gasteiger partial charge in [0.2, 0.25) is 0 Å². The molecule has 4 aromatic rings. The van der Waals surface area contributed by atoms with Crippen LogP contribution >= 0.6 is 22.7 Å². The first-order valence-corrected chi connectivity index (χ1v) is 12.3. The molecule has 2 heterocycles. The van der Waals surface area contributed by atoms with Crippen molar-refractivity contribution in [1.82, 2.24) is 5.32 Å². The molecule has 0 bridgehead atoms. The zero-order chi connectivity index (χ0) is 22.8. The third-order valence-corrected chi connectivity index (χ3v) is 7.65. The average molecular weight is 476 g/mol. The number of hydrogen-bond donors (Lipinski definition) is 2. The predicted octanol–water partition coefficient (Wildman–Crippen LogP) is 6.01. The summed E-state index contributed by atoms with van der Waals surface area (Å²) in [4.78, 5) is 26.3. The second-order valence-corrected chi connectivity index (χ2v) is 9.79. The Kier molecular flexibility index (Phi) is 5.98. The molecule has 1 atom stereocenters. The molecule has 1 amide bonds. The highest BCUT2D eigenvalue weighted by Crippen LogP contribution is 2.44. The molecule has 7 heteroatoms. The standard InChI is InChI=1S/C26H21NO4S2/c28-25(29)23(13-17-9-10-24(33-17)16-11-12-32-15-16)27-26(30)31-14-22-20-7-3-1-5-18(20)19-6-2-4-8-21(19)22/h1-12,15,22-23H,13-14H2,(H,27,30)(H,28,29). The number of amides is 1. The van der Waals surface area contributed by atoms with Gasteiger partial charge in [-0.05, 0) is 51.2 Å². The molecule has 2 aromatic carbocycles. The molecule has 2 aromatic heterocycles. The first-order valence-electron chi connectivity index (χ1n) is 10.6. The van der Waals surface area contributed by atoms with Crippen molar-refractivity contribution >= 4 is 34.7 Å². The minimum Gasteiger partial charge on any atom is -0.480 e. The highest BCUT2D eigenvalue weighted by molar-refractivity contribution is 7.16. The van der Waals surface area contributed by atoms with E-state index in [2.05, 4.69) is 22.8 Å². The van der Waals surface area contributed by atoms with Crippen molar-refractivity contribution in [2.45, 2.75) is 18.4 Å². The molecule has 0 saturated heterocycles. The lowest BCUT2D eigenvalue weighted by Crippen LogP contribution is -2.42. The van der Waals surface area contributed by atoms with Crippen LogP contribution in [0.2, 0.25) is 0 Å². The zero-order valence-electron chi connectivity index (χ0n) is 17.6. The smallest absolute Gasteiger partial charge is 0.407 e. The summed E-state index contributed by atoms with van der Waals surface area (Å²) in [7, 11) is 0. The molecule has 2 N–H and O–H groups in total. The van der Waals surface area contributed by atoms with Gasteiger partial charge >= 0.3 is 12.1 Å². The van der Waals surface area contributed by atoms with Gasteiger partial charge in [-0.15, -0.1) is 11.3 Å². The van der Waals surface area contributed by atoms with Crippen LogP contribution in [0.25, 0.3) is 21.6 Å². The van der Waals surface area contributed by atoms with Gasteiger partial charge in [0, 0.05) is 27.7 Å². The van der Waals surface area contributed by atoms with Crippen LogP contribution in [0.15, 0.2) is 77.5 Å². The van der Waals surface area contributed by atoms with Gasteiger partial charge in [0.05, 0.1) is 0 Å². The summed E-state index contributed by atoms with van der Waals surface area (Å²) in [5, 5.41) is 16.2. The van der Waals surface area contributed by atoms with Gasteiger partial charge in [0.25, 0.3) is 0 Å². The van der Waals surface area contributed by atoms with Crippen LogP contribution in [-0.2, 0) is 16.0 Å². The summed E-state index contributed by atoms with van der Waals surface area (Å²) in [6.45, 7) is 0.146. The van der Waals surface area contributed by atoms with Gasteiger partial charge in [-0.3, -0.25) is 0 Å². The van der Waals surface area contributed by atoms with E-state index in [4.69, 9.17) is 4.74 Å². The molecule has 0 fully saturated rings. The van der Waals surface area contributed by atoms with Crippen LogP contribution in [0.4, 0.5) is 4.79 Å². The molecule has 5 rings (SSSR count). The summed E-state index contributed by atoms with van der Waals surface area (Å²) < 4.78 is 5.51. The van der Waals surface area contributed by atoms with E-state index in [0.29, 0.717) is 0 Å². The fourth-order valence-corrected chi connectivity index (χ4v) is 6.01. The first-order chi connectivity index (χ1) is 16.1. The first kappa shape index (κ1) is 21.4. The predicted molar refractivity (Wildman–Crippen MR) is 131 cm³/mol. The number of hydrogen-bond acceptors (Lipinski definition) is 5. The highest BCUT2D eigenvalue weighted by Gasteiger charge is 2.30. The van der Waals surface area contributed by atoms with Gasteiger partial charge in [-0.25, -0.2) is 9.59 Å². The Balaban J connectivity index is 1.24. The number of nitrogens with one attached hydrogen (secondary N) is 1. The fraction of sp³-hybridized carbons (Fsp3) is 0.154. The van der Waals surface area contributed by atoms with Crippen molar-refractivity contribution in [1.29, 1.82) is 0 Å². The van der Waals surface area contributed by atoms with E-state index >= 15 is 0 Å². The summed E-state index contributed by atoms with van der Waals surface area (Å²) >= 11 is 3.15. The summed E-state index contributed by atoms with van der Waals surface area (Å²) in [6.07, 6.45) is -0.521. The summed E-state index contributed by atoms with van der Waals surface area (Å²) in [5.41, 5.74) is 5.63. The van der Waals surface area contributed by atoms with Gasteiger partial charge in [-0.2, -0.15) is 11.3 Å². The Morgan fingerprint density at radius 2 is 1.67 bits per heavy atom. The summed E-state index contributed by atoms with van der Waals surface area (Å²) in [5.74, 6) is -1.16. The second kappa shape index (κ2) is 9.21. The SMILES string of the molecule is O=C(NC(Cc1ccc(-c2ccsc2)s1)C(=O)O)OCC1c2ccccc2-c2ccccc21. The number of thiophene rings is 2. The van der Waals surface area contributed by atoms with E-state index in [1.54, 1.807) is 11.3 Å². The van der Waals surface area contributed by atoms with E-state index in [1.807, 2.05) is 60.0 Å². The lowest BCUT2D eigenvalue weighted by Gasteiger charge is -2.17. The van der Waals surface area contributed by atoms with E-state index in [-0.39, 0.29) is 18.9 Å². The normalized spacial score (nSPS) is 13.2. The Morgan fingerprint density at radius 3 is 2.30 bits per heavy atom. The Bertz CT molecular complexity index is 1250. The lowest BCUT2D eigenvalue weighted by molar-refractivity contribution is -0.139. The molecule has 0 saturated carbocycles. The number of carbonyl (C=O) groups is 2. The highest BCUT2D eigenvalue weighted by atomic mass is 32.1. The quantitative estimate of drug-likeness (QED) is 0.343. The number of carboxylic acids is 1. The maximum Gasteiger partial charge on any atom is 0.407 e. The van der Waals surface area contributed by atoms with E-state index < -0.39 is 18.1 Å². The van der Waals surface area contributed by atoms with Gasteiger partial charge in [0.15, 0.2) is 0 Å². The number of rotatable bonds is 7. The summed E-state index contributed by atoms with van der Waals surface area (Å²) in [6, 6.07) is 21.0.